The minimum atomic E-state index is -0.696. The maximum absolute atomic E-state index is 13.5. The molecule has 0 amide bonds. The maximum Gasteiger partial charge on any atom is 0.340 e. The number of halogens is 2. The summed E-state index contributed by atoms with van der Waals surface area (Å²) in [6.45, 7) is 1.96. The lowest BCUT2D eigenvalue weighted by atomic mass is 10.1. The van der Waals surface area contributed by atoms with E-state index >= 15 is 0 Å². The van der Waals surface area contributed by atoms with Crippen molar-refractivity contribution in [1.29, 1.82) is 0 Å². The quantitative estimate of drug-likeness (QED) is 0.845. The number of carbonyl (C=O) groups is 1. The van der Waals surface area contributed by atoms with Crippen LogP contribution < -0.4 is 5.32 Å². The smallest absolute Gasteiger partial charge is 0.340 e. The fourth-order valence-electron chi connectivity index (χ4n) is 1.76. The molecule has 1 heterocycles. The van der Waals surface area contributed by atoms with E-state index in [1.54, 1.807) is 6.07 Å². The third kappa shape index (κ3) is 3.29. The Morgan fingerprint density at radius 3 is 2.75 bits per heavy atom. The minimum absolute atomic E-state index is 0.00320. The van der Waals surface area contributed by atoms with Crippen LogP contribution >= 0.6 is 22.9 Å². The van der Waals surface area contributed by atoms with E-state index in [-0.39, 0.29) is 11.6 Å². The van der Waals surface area contributed by atoms with Gasteiger partial charge in [-0.15, -0.1) is 11.3 Å². The number of thiophene rings is 1. The first kappa shape index (κ1) is 14.8. The van der Waals surface area contributed by atoms with Gasteiger partial charge in [0, 0.05) is 10.6 Å². The first-order chi connectivity index (χ1) is 9.51. The van der Waals surface area contributed by atoms with Gasteiger partial charge in [0.05, 0.1) is 23.1 Å². The number of hydrogen-bond donors (Lipinski definition) is 1. The Kier molecular flexibility index (Phi) is 4.62. The molecule has 1 aromatic carbocycles. The fourth-order valence-corrected chi connectivity index (χ4v) is 2.83. The van der Waals surface area contributed by atoms with E-state index in [9.17, 15) is 9.18 Å². The van der Waals surface area contributed by atoms with Crippen LogP contribution in [-0.2, 0) is 4.74 Å². The highest BCUT2D eigenvalue weighted by molar-refractivity contribution is 7.16. The summed E-state index contributed by atoms with van der Waals surface area (Å²) in [5.41, 5.74) is 0.553. The van der Waals surface area contributed by atoms with Gasteiger partial charge in [-0.1, -0.05) is 11.6 Å². The molecule has 1 atom stereocenters. The maximum atomic E-state index is 13.5. The van der Waals surface area contributed by atoms with Gasteiger partial charge in [-0.3, -0.25) is 0 Å². The van der Waals surface area contributed by atoms with Crippen molar-refractivity contribution in [2.45, 2.75) is 13.0 Å². The lowest BCUT2D eigenvalue weighted by Gasteiger charge is -2.14. The van der Waals surface area contributed by atoms with Gasteiger partial charge in [-0.2, -0.15) is 0 Å². The van der Waals surface area contributed by atoms with Crippen molar-refractivity contribution in [3.8, 4) is 0 Å². The molecular formula is C14H13ClFNO2S. The predicted molar refractivity (Wildman–Crippen MR) is 79.1 cm³/mol. The van der Waals surface area contributed by atoms with E-state index in [1.807, 2.05) is 19.1 Å². The number of benzene rings is 1. The normalized spacial score (nSPS) is 12.0. The fraction of sp³-hybridized carbons (Fsp3) is 0.214. The van der Waals surface area contributed by atoms with Gasteiger partial charge in [0.1, 0.15) is 5.82 Å². The molecule has 1 unspecified atom stereocenters. The van der Waals surface area contributed by atoms with Gasteiger partial charge in [-0.05, 0) is 37.3 Å². The van der Waals surface area contributed by atoms with Crippen molar-refractivity contribution in [2.24, 2.45) is 0 Å². The highest BCUT2D eigenvalue weighted by Gasteiger charge is 2.14. The van der Waals surface area contributed by atoms with Crippen LogP contribution in [0.5, 0.6) is 0 Å². The van der Waals surface area contributed by atoms with Crippen LogP contribution in [0.4, 0.5) is 10.1 Å². The third-order valence-electron chi connectivity index (χ3n) is 2.78. The summed E-state index contributed by atoms with van der Waals surface area (Å²) in [7, 11) is 1.22. The summed E-state index contributed by atoms with van der Waals surface area (Å²) in [6.07, 6.45) is 0. The number of methoxy groups -OCH3 is 1. The molecule has 3 nitrogen and oxygen atoms in total. The Bertz CT molecular complexity index is 629. The molecule has 0 aliphatic heterocycles. The van der Waals surface area contributed by atoms with Crippen LogP contribution in [0.1, 0.15) is 28.2 Å². The lowest BCUT2D eigenvalue weighted by molar-refractivity contribution is 0.0595. The lowest BCUT2D eigenvalue weighted by Crippen LogP contribution is -2.08. The molecule has 2 rings (SSSR count). The monoisotopic (exact) mass is 313 g/mol. The zero-order valence-electron chi connectivity index (χ0n) is 10.9. The predicted octanol–water partition coefficient (Wildman–Crippen LogP) is 4.50. The molecule has 0 aliphatic carbocycles. The van der Waals surface area contributed by atoms with E-state index in [1.165, 1.54) is 30.6 Å². The topological polar surface area (TPSA) is 38.3 Å². The summed E-state index contributed by atoms with van der Waals surface area (Å²) in [4.78, 5) is 12.5. The summed E-state index contributed by atoms with van der Waals surface area (Å²) in [6, 6.07) is 8.01. The summed E-state index contributed by atoms with van der Waals surface area (Å²) in [5.74, 6) is -1.30. The standard InChI is InChI=1S/C14H13ClFNO2S/c1-8(12-5-6-13(15)20-12)17-9-3-4-11(16)10(7-9)14(18)19-2/h3-8,17H,1-2H3. The van der Waals surface area contributed by atoms with Gasteiger partial charge in [0.2, 0.25) is 0 Å². The molecule has 106 valence electrons. The molecule has 1 aromatic heterocycles. The van der Waals surface area contributed by atoms with E-state index < -0.39 is 11.8 Å². The highest BCUT2D eigenvalue weighted by atomic mass is 35.5. The number of ether oxygens (including phenoxy) is 1. The van der Waals surface area contributed by atoms with Crippen LogP contribution in [-0.4, -0.2) is 13.1 Å². The van der Waals surface area contributed by atoms with Crippen LogP contribution in [0.3, 0.4) is 0 Å². The number of nitrogens with one attached hydrogen (secondary N) is 1. The number of esters is 1. The van der Waals surface area contributed by atoms with E-state index in [0.29, 0.717) is 10.0 Å². The average molecular weight is 314 g/mol. The van der Waals surface area contributed by atoms with Gasteiger partial charge in [-0.25, -0.2) is 9.18 Å². The Hall–Kier alpha value is -1.59. The SMILES string of the molecule is COC(=O)c1cc(NC(C)c2ccc(Cl)s2)ccc1F. The Labute approximate surface area is 125 Å². The average Bonchev–Trinajstić information content (AvgIpc) is 2.87. The summed E-state index contributed by atoms with van der Waals surface area (Å²) < 4.78 is 18.8. The van der Waals surface area contributed by atoms with Crippen LogP contribution in [0, 0.1) is 5.82 Å². The number of rotatable bonds is 4. The molecule has 0 saturated carbocycles. The number of anilines is 1. The number of carbonyl (C=O) groups excluding carboxylic acids is 1. The van der Waals surface area contributed by atoms with Crippen molar-refractivity contribution in [3.63, 3.8) is 0 Å². The van der Waals surface area contributed by atoms with E-state index in [0.717, 1.165) is 4.88 Å². The molecule has 0 saturated heterocycles. The van der Waals surface area contributed by atoms with Crippen molar-refractivity contribution >= 4 is 34.6 Å². The van der Waals surface area contributed by atoms with Gasteiger partial charge >= 0.3 is 5.97 Å². The molecule has 20 heavy (non-hydrogen) atoms. The minimum Gasteiger partial charge on any atom is -0.465 e. The second kappa shape index (κ2) is 6.24. The number of hydrogen-bond acceptors (Lipinski definition) is 4. The molecular weight excluding hydrogens is 301 g/mol. The Morgan fingerprint density at radius 2 is 2.15 bits per heavy atom. The van der Waals surface area contributed by atoms with Crippen LogP contribution in [0.2, 0.25) is 4.34 Å². The summed E-state index contributed by atoms with van der Waals surface area (Å²) >= 11 is 7.36. The molecule has 0 fully saturated rings. The first-order valence-electron chi connectivity index (χ1n) is 5.91. The summed E-state index contributed by atoms with van der Waals surface area (Å²) in [5, 5.41) is 3.20. The Morgan fingerprint density at radius 1 is 1.40 bits per heavy atom. The molecule has 2 aromatic rings. The van der Waals surface area contributed by atoms with Crippen molar-refractivity contribution in [3.05, 3.63) is 50.9 Å². The molecule has 0 radical (unpaired) electrons. The second-order valence-electron chi connectivity index (χ2n) is 4.19. The molecule has 0 spiro atoms. The third-order valence-corrected chi connectivity index (χ3v) is 4.19. The second-order valence-corrected chi connectivity index (χ2v) is 5.94. The largest absolute Gasteiger partial charge is 0.465 e. The van der Waals surface area contributed by atoms with E-state index in [4.69, 9.17) is 11.6 Å². The molecule has 0 aliphatic rings. The van der Waals surface area contributed by atoms with Crippen molar-refractivity contribution in [2.75, 3.05) is 12.4 Å². The van der Waals surface area contributed by atoms with Gasteiger partial charge in [0.25, 0.3) is 0 Å². The van der Waals surface area contributed by atoms with Crippen LogP contribution in [0.25, 0.3) is 0 Å². The highest BCUT2D eigenvalue weighted by Crippen LogP contribution is 2.29. The van der Waals surface area contributed by atoms with Crippen molar-refractivity contribution < 1.29 is 13.9 Å². The Balaban J connectivity index is 2.19. The van der Waals surface area contributed by atoms with Crippen molar-refractivity contribution in [1.82, 2.24) is 0 Å². The van der Waals surface area contributed by atoms with Gasteiger partial charge in [0.15, 0.2) is 0 Å². The van der Waals surface area contributed by atoms with E-state index in [2.05, 4.69) is 10.1 Å². The zero-order chi connectivity index (χ0) is 14.7. The first-order valence-corrected chi connectivity index (χ1v) is 7.10. The molecule has 1 N–H and O–H groups in total. The molecule has 0 bridgehead atoms. The molecule has 6 heteroatoms. The zero-order valence-corrected chi connectivity index (χ0v) is 12.5. The van der Waals surface area contributed by atoms with Gasteiger partial charge < -0.3 is 10.1 Å². The van der Waals surface area contributed by atoms with Crippen LogP contribution in [0.15, 0.2) is 30.3 Å².